The molecule has 0 unspecified atom stereocenters. The number of nitrogens with zero attached hydrogens (tertiary/aromatic N) is 3. The molecule has 60 heavy (non-hydrogen) atoms. The Morgan fingerprint density at radius 1 is 0.300 bits per heavy atom. The minimum atomic E-state index is -0.488. The second-order valence-electron chi connectivity index (χ2n) is 15.5. The first-order valence-electron chi connectivity index (χ1n) is 20.4. The van der Waals surface area contributed by atoms with Crippen molar-refractivity contribution in [1.82, 2.24) is 15.0 Å². The monoisotopic (exact) mass is 781 g/mol. The van der Waals surface area contributed by atoms with E-state index in [9.17, 15) is 0 Å². The van der Waals surface area contributed by atoms with Gasteiger partial charge in [0.25, 0.3) is 0 Å². The zero-order valence-corrected chi connectivity index (χ0v) is 33.3. The quantitative estimate of drug-likeness (QED) is 0.169. The van der Waals surface area contributed by atoms with E-state index in [1.807, 2.05) is 29.5 Å². The maximum absolute atomic E-state index is 5.52. The molecular weight excluding hydrogens is 747 g/mol. The van der Waals surface area contributed by atoms with E-state index in [-0.39, 0.29) is 0 Å². The molecule has 280 valence electrons. The minimum Gasteiger partial charge on any atom is -0.208 e. The third kappa shape index (κ3) is 5.24. The molecule has 2 heterocycles. The predicted molar refractivity (Wildman–Crippen MR) is 247 cm³/mol. The summed E-state index contributed by atoms with van der Waals surface area (Å²) in [5.41, 5.74) is 17.2. The zero-order valence-electron chi connectivity index (χ0n) is 32.5. The van der Waals surface area contributed by atoms with Crippen LogP contribution in [0.15, 0.2) is 212 Å². The Morgan fingerprint density at radius 2 is 0.683 bits per heavy atom. The van der Waals surface area contributed by atoms with Gasteiger partial charge in [-0.05, 0) is 79.4 Å². The summed E-state index contributed by atoms with van der Waals surface area (Å²) in [5.74, 6) is 1.94. The standard InChI is InChI=1S/C56H35N3S/c1-5-19-36(20-6-1)40-33-41(37-21-7-2-8-22-37)35-42(34-40)54-57-53(39-25-11-4-12-26-39)58-55(59-54)51-49(38-23-9-3-10-24-38)50-45-29-15-18-32-48(45)56(52(50)60-51)46-30-16-13-27-43(46)44-28-14-17-31-47(44)56/h1-35H. The summed E-state index contributed by atoms with van der Waals surface area (Å²) in [6.45, 7) is 0. The largest absolute Gasteiger partial charge is 0.208 e. The highest BCUT2D eigenvalue weighted by atomic mass is 32.1. The Labute approximate surface area is 353 Å². The second kappa shape index (κ2) is 13.8. The Bertz CT molecular complexity index is 3140. The highest BCUT2D eigenvalue weighted by Gasteiger charge is 2.54. The van der Waals surface area contributed by atoms with Crippen molar-refractivity contribution in [2.45, 2.75) is 5.41 Å². The van der Waals surface area contributed by atoms with Crippen LogP contribution < -0.4 is 0 Å². The van der Waals surface area contributed by atoms with Gasteiger partial charge in [0.15, 0.2) is 17.5 Å². The summed E-state index contributed by atoms with van der Waals surface area (Å²) in [5, 5.41) is 0. The predicted octanol–water partition coefficient (Wildman–Crippen LogP) is 14.3. The molecule has 12 rings (SSSR count). The van der Waals surface area contributed by atoms with Crippen LogP contribution in [0.1, 0.15) is 21.6 Å². The van der Waals surface area contributed by atoms with E-state index in [2.05, 4.69) is 194 Å². The molecule has 0 amide bonds. The molecule has 0 saturated heterocycles. The summed E-state index contributed by atoms with van der Waals surface area (Å²) in [6, 6.07) is 75.9. The first-order valence-corrected chi connectivity index (χ1v) is 21.2. The van der Waals surface area contributed by atoms with E-state index < -0.39 is 5.41 Å². The molecule has 2 aliphatic rings. The van der Waals surface area contributed by atoms with Crippen molar-refractivity contribution in [3.8, 4) is 89.1 Å². The fourth-order valence-corrected chi connectivity index (χ4v) is 11.1. The lowest BCUT2D eigenvalue weighted by Crippen LogP contribution is -2.24. The molecule has 0 fully saturated rings. The van der Waals surface area contributed by atoms with Crippen molar-refractivity contribution < 1.29 is 0 Å². The van der Waals surface area contributed by atoms with E-state index in [0.29, 0.717) is 17.5 Å². The molecule has 0 atom stereocenters. The fraction of sp³-hybridized carbons (Fsp3) is 0.0179. The van der Waals surface area contributed by atoms with Crippen LogP contribution in [0.4, 0.5) is 0 Å². The topological polar surface area (TPSA) is 38.7 Å². The third-order valence-electron chi connectivity index (χ3n) is 12.1. The van der Waals surface area contributed by atoms with Crippen LogP contribution in [0.2, 0.25) is 0 Å². The molecule has 3 nitrogen and oxygen atoms in total. The van der Waals surface area contributed by atoms with Crippen LogP contribution in [0.25, 0.3) is 89.1 Å². The van der Waals surface area contributed by atoms with Crippen LogP contribution >= 0.6 is 11.3 Å². The van der Waals surface area contributed by atoms with E-state index in [1.54, 1.807) is 0 Å². The van der Waals surface area contributed by atoms with Gasteiger partial charge in [0.1, 0.15) is 0 Å². The third-order valence-corrected chi connectivity index (χ3v) is 13.4. The molecule has 0 radical (unpaired) electrons. The van der Waals surface area contributed by atoms with E-state index in [4.69, 9.17) is 15.0 Å². The SMILES string of the molecule is c1ccc(-c2cc(-c3ccccc3)cc(-c3nc(-c4ccccc4)nc(-c4sc5c(c4-c4ccccc4)-c4ccccc4C54c5ccccc5-c5ccccc54)n3)c2)cc1. The lowest BCUT2D eigenvalue weighted by Gasteiger charge is -2.29. The van der Waals surface area contributed by atoms with Crippen LogP contribution in [-0.2, 0) is 5.41 Å². The minimum absolute atomic E-state index is 0.488. The maximum atomic E-state index is 5.52. The zero-order chi connectivity index (χ0) is 39.6. The van der Waals surface area contributed by atoms with Crippen molar-refractivity contribution in [3.05, 3.63) is 234 Å². The Morgan fingerprint density at radius 3 is 1.22 bits per heavy atom. The Hall–Kier alpha value is -7.53. The lowest BCUT2D eigenvalue weighted by atomic mass is 9.74. The van der Waals surface area contributed by atoms with Gasteiger partial charge in [-0.15, -0.1) is 11.3 Å². The number of aromatic nitrogens is 3. The van der Waals surface area contributed by atoms with Crippen LogP contribution in [0, 0.1) is 0 Å². The molecule has 2 aliphatic carbocycles. The highest BCUT2D eigenvalue weighted by molar-refractivity contribution is 7.17. The molecular formula is C56H35N3S. The molecule has 4 heteroatoms. The van der Waals surface area contributed by atoms with Gasteiger partial charge in [0, 0.05) is 27.1 Å². The summed E-state index contributed by atoms with van der Waals surface area (Å²) < 4.78 is 0. The van der Waals surface area contributed by atoms with Crippen LogP contribution in [0.5, 0.6) is 0 Å². The number of hydrogen-bond donors (Lipinski definition) is 0. The van der Waals surface area contributed by atoms with Gasteiger partial charge in [-0.2, -0.15) is 0 Å². The van der Waals surface area contributed by atoms with Gasteiger partial charge in [0.05, 0.1) is 10.3 Å². The van der Waals surface area contributed by atoms with Gasteiger partial charge >= 0.3 is 0 Å². The average molecular weight is 782 g/mol. The van der Waals surface area contributed by atoms with Crippen molar-refractivity contribution >= 4 is 11.3 Å². The fourth-order valence-electron chi connectivity index (χ4n) is 9.58. The Kier molecular flexibility index (Phi) is 7.94. The molecule has 10 aromatic rings. The van der Waals surface area contributed by atoms with Crippen LogP contribution in [-0.4, -0.2) is 15.0 Å². The van der Waals surface area contributed by atoms with Gasteiger partial charge in [0.2, 0.25) is 0 Å². The van der Waals surface area contributed by atoms with Gasteiger partial charge < -0.3 is 0 Å². The van der Waals surface area contributed by atoms with Crippen molar-refractivity contribution in [1.29, 1.82) is 0 Å². The smallest absolute Gasteiger partial charge is 0.174 e. The van der Waals surface area contributed by atoms with E-state index >= 15 is 0 Å². The average Bonchev–Trinajstić information content (AvgIpc) is 3.97. The normalized spacial score (nSPS) is 12.8. The lowest BCUT2D eigenvalue weighted by molar-refractivity contribution is 0.811. The van der Waals surface area contributed by atoms with Crippen molar-refractivity contribution in [2.24, 2.45) is 0 Å². The van der Waals surface area contributed by atoms with Crippen molar-refractivity contribution in [3.63, 3.8) is 0 Å². The van der Waals surface area contributed by atoms with Gasteiger partial charge in [-0.25, -0.2) is 15.0 Å². The molecule has 0 saturated carbocycles. The summed E-state index contributed by atoms with van der Waals surface area (Å²) >= 11 is 1.83. The first kappa shape index (κ1) is 34.5. The molecule has 0 N–H and O–H groups in total. The molecule has 1 spiro atoms. The summed E-state index contributed by atoms with van der Waals surface area (Å²) in [6.07, 6.45) is 0. The number of thiophene rings is 1. The number of benzene rings is 8. The molecule has 0 bridgehead atoms. The van der Waals surface area contributed by atoms with Crippen LogP contribution in [0.3, 0.4) is 0 Å². The summed E-state index contributed by atoms with van der Waals surface area (Å²) in [7, 11) is 0. The van der Waals surface area contributed by atoms with Crippen molar-refractivity contribution in [2.75, 3.05) is 0 Å². The van der Waals surface area contributed by atoms with E-state index in [1.165, 1.54) is 43.8 Å². The van der Waals surface area contributed by atoms with E-state index in [0.717, 1.165) is 49.4 Å². The molecule has 0 aliphatic heterocycles. The van der Waals surface area contributed by atoms with Gasteiger partial charge in [-0.1, -0.05) is 194 Å². The number of rotatable bonds is 6. The second-order valence-corrected chi connectivity index (χ2v) is 16.5. The molecule has 2 aromatic heterocycles. The number of hydrogen-bond acceptors (Lipinski definition) is 4. The van der Waals surface area contributed by atoms with Gasteiger partial charge in [-0.3, -0.25) is 0 Å². The maximum Gasteiger partial charge on any atom is 0.174 e. The Balaban J connectivity index is 1.17. The first-order chi connectivity index (χ1) is 29.8. The summed E-state index contributed by atoms with van der Waals surface area (Å²) in [4.78, 5) is 18.5. The number of fused-ring (bicyclic) bond motifs is 10. The highest BCUT2D eigenvalue weighted by Crippen LogP contribution is 2.67. The molecule has 8 aromatic carbocycles.